The normalized spacial score (nSPS) is 0. The first-order valence-electron chi connectivity index (χ1n) is 0. The fourth-order valence-corrected chi connectivity index (χ4v) is 0. The predicted molar refractivity (Wildman–Crippen MR) is 9.87 cm³/mol. The molecule has 0 fully saturated rings. The van der Waals surface area contributed by atoms with Gasteiger partial charge in [-0.3, -0.25) is 0 Å². The molecule has 0 heterocycles. The molecule has 0 aliphatic carbocycles. The van der Waals surface area contributed by atoms with Crippen molar-refractivity contribution in [2.45, 2.75) is 0 Å². The zero-order valence-electron chi connectivity index (χ0n) is 4.59. The van der Waals surface area contributed by atoms with Crippen molar-refractivity contribution >= 4 is 45.5 Å². The van der Waals surface area contributed by atoms with Gasteiger partial charge >= 0.3 is 120 Å². The van der Waals surface area contributed by atoms with E-state index in [9.17, 15) is 0 Å². The summed E-state index contributed by atoms with van der Waals surface area (Å²) in [5.41, 5.74) is 0. The van der Waals surface area contributed by atoms with Gasteiger partial charge in [-0.05, 0) is 0 Å². The van der Waals surface area contributed by atoms with Gasteiger partial charge in [-0.25, -0.2) is 0 Å². The van der Waals surface area contributed by atoms with Crippen molar-refractivity contribution in [3.63, 3.8) is 0 Å². The minimum Gasteiger partial charge on any atom is -2.00 e. The predicted octanol–water partition coefficient (Wildman–Crippen LogP) is -1.10. The molecule has 0 unspecified atom stereocenters. The van der Waals surface area contributed by atoms with Crippen molar-refractivity contribution in [1.82, 2.24) is 0 Å². The van der Waals surface area contributed by atoms with Crippen molar-refractivity contribution < 1.29 is 107 Å². The van der Waals surface area contributed by atoms with Crippen LogP contribution < -0.4 is 0 Å². The maximum atomic E-state index is 0. The van der Waals surface area contributed by atoms with E-state index in [0.717, 1.165) is 0 Å². The molecule has 53 valence electrons. The van der Waals surface area contributed by atoms with Crippen molar-refractivity contribution in [2.24, 2.45) is 0 Å². The molecule has 0 aromatic carbocycles. The second-order valence-corrected chi connectivity index (χ2v) is 0. The Morgan fingerprint density at radius 1 is 0.500 bits per heavy atom. The number of hydrogen-bond acceptors (Lipinski definition) is 0. The van der Waals surface area contributed by atoms with Crippen LogP contribution in [0.5, 0.6) is 0 Å². The van der Waals surface area contributed by atoms with Gasteiger partial charge in [0.25, 0.3) is 0 Å². The first-order chi connectivity index (χ1) is 0. The first kappa shape index (κ1) is 163. The van der Waals surface area contributed by atoms with Gasteiger partial charge in [-0.15, -0.1) is 0 Å². The summed E-state index contributed by atoms with van der Waals surface area (Å²) in [6.07, 6.45) is 0. The molecule has 0 bridgehead atoms. The third-order valence-electron chi connectivity index (χ3n) is 0. The zero-order chi connectivity index (χ0) is 0. The van der Waals surface area contributed by atoms with Crippen molar-refractivity contribution in [3.05, 3.63) is 0 Å². The van der Waals surface area contributed by atoms with Crippen LogP contribution in [-0.4, -0.2) is 45.5 Å². The molecule has 0 aromatic heterocycles. The molecule has 10 heavy (non-hydrogen) atoms. The largest absolute Gasteiger partial charge is 4.00 e. The van der Waals surface area contributed by atoms with Gasteiger partial charge in [0.2, 0.25) is 0 Å². The van der Waals surface area contributed by atoms with Crippen molar-refractivity contribution in [2.75, 3.05) is 0 Å². The molecule has 0 saturated heterocycles. The van der Waals surface area contributed by atoms with Crippen LogP contribution in [-0.2, 0) is 71.6 Å². The Hall–Kier alpha value is 3.67. The second-order valence-electron chi connectivity index (χ2n) is 0. The van der Waals surface area contributed by atoms with E-state index >= 15 is 0 Å². The Bertz CT molecular complexity index is 17.7. The van der Waals surface area contributed by atoms with Crippen LogP contribution >= 0.6 is 0 Å². The molecule has 0 aliphatic heterocycles. The minimum absolute atomic E-state index is 0. The Balaban J connectivity index is 0. The van der Waals surface area contributed by atoms with Crippen LogP contribution in [0.3, 0.4) is 0 Å². The molecular weight excluding hydrogens is 426 g/mol. The van der Waals surface area contributed by atoms with Gasteiger partial charge in [0, 0.05) is 0 Å². The van der Waals surface area contributed by atoms with E-state index in [0.29, 0.717) is 0 Å². The van der Waals surface area contributed by atoms with Gasteiger partial charge in [0.05, 0.1) is 0 Å². The quantitative estimate of drug-likeness (QED) is 0.429. The molecule has 1 radical (unpaired) electrons. The van der Waals surface area contributed by atoms with E-state index in [1.54, 1.807) is 0 Å². The average molecular weight is 426 g/mol. The van der Waals surface area contributed by atoms with Gasteiger partial charge in [-0.2, -0.15) is 0 Å². The fourth-order valence-electron chi connectivity index (χ4n) is 0. The summed E-state index contributed by atoms with van der Waals surface area (Å²) in [5.74, 6) is 0. The minimum atomic E-state index is 0. The van der Waals surface area contributed by atoms with Gasteiger partial charge in [0.15, 0.2) is 0 Å². The Labute approximate surface area is 149 Å². The standard InChI is InChI=1S/Fe.La.6O.Sr.Ti/q2*+3;6*-2;+2;+4. The molecule has 0 aromatic rings. The molecule has 0 saturated carbocycles. The molecule has 0 spiro atoms. The second kappa shape index (κ2) is 128. The molecule has 0 rings (SSSR count). The van der Waals surface area contributed by atoms with E-state index in [1.807, 2.05) is 0 Å². The smallest absolute Gasteiger partial charge is 2.00 e. The third kappa shape index (κ3) is 98.7. The summed E-state index contributed by atoms with van der Waals surface area (Å²) in [7, 11) is 0. The topological polar surface area (TPSA) is 171 Å². The fraction of sp³-hybridized carbons (Fsp3) is 0. The number of rotatable bonds is 0. The molecular formula is FeLaO6SrTi. The maximum Gasteiger partial charge on any atom is 4.00 e. The molecule has 0 N–H and O–H groups in total. The van der Waals surface area contributed by atoms with Gasteiger partial charge < -0.3 is 32.9 Å². The molecule has 10 heteroatoms. The summed E-state index contributed by atoms with van der Waals surface area (Å²) in [6, 6.07) is 0. The molecule has 0 aliphatic rings. The van der Waals surface area contributed by atoms with Crippen molar-refractivity contribution in [1.29, 1.82) is 0 Å². The Kier molecular flexibility index (Phi) is 2090. The van der Waals surface area contributed by atoms with Gasteiger partial charge in [-0.1, -0.05) is 0 Å². The Morgan fingerprint density at radius 3 is 0.500 bits per heavy atom. The van der Waals surface area contributed by atoms with E-state index < -0.39 is 0 Å². The van der Waals surface area contributed by atoms with E-state index in [-0.39, 0.29) is 153 Å². The summed E-state index contributed by atoms with van der Waals surface area (Å²) in [6.45, 7) is 0. The van der Waals surface area contributed by atoms with Crippen LogP contribution in [0.25, 0.3) is 0 Å². The summed E-state index contributed by atoms with van der Waals surface area (Å²) in [4.78, 5) is 0. The first-order valence-corrected chi connectivity index (χ1v) is 0. The summed E-state index contributed by atoms with van der Waals surface area (Å²) in [5, 5.41) is 0. The summed E-state index contributed by atoms with van der Waals surface area (Å²) >= 11 is 0. The molecule has 6 nitrogen and oxygen atoms in total. The summed E-state index contributed by atoms with van der Waals surface area (Å²) < 4.78 is 0. The SMILES string of the molecule is [Fe+3].[La+3].[O-2].[O-2].[O-2].[O-2].[O-2].[O-2].[Sr+2].[Ti+4]. The maximum absolute atomic E-state index is 0. The average Bonchev–Trinajstić information content (AvgIpc) is 0. The van der Waals surface area contributed by atoms with E-state index in [4.69, 9.17) is 0 Å². The van der Waals surface area contributed by atoms with Crippen LogP contribution in [0.1, 0.15) is 0 Å². The third-order valence-corrected chi connectivity index (χ3v) is 0. The van der Waals surface area contributed by atoms with Crippen LogP contribution in [0, 0.1) is 35.6 Å². The van der Waals surface area contributed by atoms with E-state index in [2.05, 4.69) is 0 Å². The van der Waals surface area contributed by atoms with Crippen LogP contribution in [0.2, 0.25) is 0 Å². The van der Waals surface area contributed by atoms with Crippen molar-refractivity contribution in [3.8, 4) is 0 Å². The van der Waals surface area contributed by atoms with Crippen LogP contribution in [0.15, 0.2) is 0 Å². The van der Waals surface area contributed by atoms with Crippen LogP contribution in [0.4, 0.5) is 0 Å². The number of hydrogen-bond donors (Lipinski definition) is 0. The zero-order valence-corrected chi connectivity index (χ0v) is 14.4. The monoisotopic (exact) mass is 427 g/mol. The molecule has 0 atom stereocenters. The molecule has 0 amide bonds. The Morgan fingerprint density at radius 2 is 0.500 bits per heavy atom. The van der Waals surface area contributed by atoms with Gasteiger partial charge in [0.1, 0.15) is 0 Å². The van der Waals surface area contributed by atoms with E-state index in [1.165, 1.54) is 0 Å².